The molecule has 0 amide bonds. The molecule has 0 aliphatic carbocycles. The number of piperidine rings is 1. The summed E-state index contributed by atoms with van der Waals surface area (Å²) in [5.74, 6) is -0.576. The fourth-order valence-electron chi connectivity index (χ4n) is 4.68. The molecule has 1 atom stereocenters. The molecule has 2 aliphatic rings. The summed E-state index contributed by atoms with van der Waals surface area (Å²) in [5, 5.41) is 18.4. The van der Waals surface area contributed by atoms with Crippen LogP contribution < -0.4 is 4.74 Å². The number of carbonyl (C=O) groups is 1. The number of hydrogen-bond acceptors (Lipinski definition) is 9. The first-order valence-electron chi connectivity index (χ1n) is 12.6. The summed E-state index contributed by atoms with van der Waals surface area (Å²) in [6.07, 6.45) is 1.24. The molecule has 0 saturated carbocycles. The number of carbonyl (C=O) groups excluding carboxylic acids is 1. The summed E-state index contributed by atoms with van der Waals surface area (Å²) >= 11 is 0. The van der Waals surface area contributed by atoms with E-state index in [4.69, 9.17) is 18.8 Å². The average molecular weight is 535 g/mol. The summed E-state index contributed by atoms with van der Waals surface area (Å²) in [5.41, 5.74) is 3.82. The van der Waals surface area contributed by atoms with Crippen molar-refractivity contribution >= 4 is 16.3 Å². The molecule has 202 valence electrons. The topological polar surface area (TPSA) is 135 Å². The number of aromatic nitrogens is 1. The van der Waals surface area contributed by atoms with Crippen LogP contribution in [0.1, 0.15) is 42.7 Å². The minimum absolute atomic E-state index is 0.0476. The Morgan fingerprint density at radius 3 is 2.57 bits per heavy atom. The van der Waals surface area contributed by atoms with E-state index < -0.39 is 28.3 Å². The molecule has 2 N–H and O–H groups in total. The molecule has 2 fully saturated rings. The van der Waals surface area contributed by atoms with Crippen LogP contribution in [0.5, 0.6) is 5.88 Å². The molecule has 10 nitrogen and oxygen atoms in total. The van der Waals surface area contributed by atoms with E-state index in [0.717, 1.165) is 22.4 Å². The van der Waals surface area contributed by atoms with Crippen LogP contribution in [0.4, 0.5) is 0 Å². The van der Waals surface area contributed by atoms with Gasteiger partial charge in [-0.3, -0.25) is 4.79 Å². The monoisotopic (exact) mass is 534 g/mol. The summed E-state index contributed by atoms with van der Waals surface area (Å²) in [6.45, 7) is 3.02. The van der Waals surface area contributed by atoms with Gasteiger partial charge in [-0.05, 0) is 55.7 Å². The highest BCUT2D eigenvalue weighted by Crippen LogP contribution is 2.33. The predicted molar refractivity (Wildman–Crippen MR) is 135 cm³/mol. The van der Waals surface area contributed by atoms with Gasteiger partial charge in [0.15, 0.2) is 0 Å². The number of pyridine rings is 1. The van der Waals surface area contributed by atoms with Gasteiger partial charge >= 0.3 is 16.3 Å². The second kappa shape index (κ2) is 12.3. The van der Waals surface area contributed by atoms with Crippen LogP contribution >= 0.6 is 0 Å². The van der Waals surface area contributed by atoms with E-state index in [0.29, 0.717) is 44.8 Å². The summed E-state index contributed by atoms with van der Waals surface area (Å²) < 4.78 is 42.2. The van der Waals surface area contributed by atoms with Gasteiger partial charge in [-0.1, -0.05) is 24.3 Å². The fourth-order valence-corrected chi connectivity index (χ4v) is 5.79. The molecule has 0 unspecified atom stereocenters. The van der Waals surface area contributed by atoms with Crippen LogP contribution in [0.25, 0.3) is 11.3 Å². The Kier molecular flexibility index (Phi) is 9.14. The maximum Gasteiger partial charge on any atom is 0.387 e. The van der Waals surface area contributed by atoms with Crippen molar-refractivity contribution in [1.29, 1.82) is 0 Å². The van der Waals surface area contributed by atoms with Gasteiger partial charge in [-0.15, -0.1) is 0 Å². The standard InChI is InChI=1S/C26H34N2O8S/c1-18-15-21(5-6-23(18)24-3-2-4-25(27-24)35-17-22(30)16-29)19-7-11-28(12-8-19)37(32,33)36-26(31)20-9-13-34-14-10-20/h2-6,15,19-20,22,29-30H,7-14,16-17H2,1H3/t22-/m1/s1. The van der Waals surface area contributed by atoms with Crippen LogP contribution in [0.2, 0.25) is 0 Å². The molecule has 1 aromatic carbocycles. The molecule has 4 rings (SSSR count). The molecular formula is C26H34N2O8S. The van der Waals surface area contributed by atoms with Crippen LogP contribution in [-0.4, -0.2) is 79.5 Å². The van der Waals surface area contributed by atoms with E-state index in [-0.39, 0.29) is 32.2 Å². The van der Waals surface area contributed by atoms with Gasteiger partial charge in [0.05, 0.1) is 18.2 Å². The number of benzene rings is 1. The SMILES string of the molecule is Cc1cc(C2CCN(S(=O)(=O)OC(=O)C3CCOCC3)CC2)ccc1-c1cccc(OC[C@H](O)CO)n1. The molecule has 0 bridgehead atoms. The van der Waals surface area contributed by atoms with E-state index in [9.17, 15) is 18.3 Å². The number of nitrogens with zero attached hydrogens (tertiary/aromatic N) is 2. The molecule has 2 saturated heterocycles. The molecule has 3 heterocycles. The quantitative estimate of drug-likeness (QED) is 0.496. The maximum atomic E-state index is 12.7. The lowest BCUT2D eigenvalue weighted by Crippen LogP contribution is -2.41. The highest BCUT2D eigenvalue weighted by atomic mass is 32.2. The number of aliphatic hydroxyl groups excluding tert-OH is 2. The van der Waals surface area contributed by atoms with Crippen molar-refractivity contribution in [2.24, 2.45) is 5.92 Å². The Bertz CT molecular complexity index is 1170. The highest BCUT2D eigenvalue weighted by molar-refractivity contribution is 7.84. The highest BCUT2D eigenvalue weighted by Gasteiger charge is 2.34. The van der Waals surface area contributed by atoms with Crippen molar-refractivity contribution < 1.29 is 37.1 Å². The predicted octanol–water partition coefficient (Wildman–Crippen LogP) is 2.18. The first-order valence-corrected chi connectivity index (χ1v) is 13.9. The Morgan fingerprint density at radius 1 is 1.16 bits per heavy atom. The van der Waals surface area contributed by atoms with Gasteiger partial charge in [-0.2, -0.15) is 12.7 Å². The van der Waals surface area contributed by atoms with Crippen molar-refractivity contribution in [2.45, 2.75) is 44.6 Å². The molecule has 37 heavy (non-hydrogen) atoms. The summed E-state index contributed by atoms with van der Waals surface area (Å²) in [6, 6.07) is 11.5. The molecular weight excluding hydrogens is 500 g/mol. The number of hydrogen-bond donors (Lipinski definition) is 2. The van der Waals surface area contributed by atoms with Gasteiger partial charge in [0.25, 0.3) is 0 Å². The Hall–Kier alpha value is -2.57. The molecule has 11 heteroatoms. The first-order chi connectivity index (χ1) is 17.8. The second-order valence-corrected chi connectivity index (χ2v) is 11.0. The third-order valence-electron chi connectivity index (χ3n) is 6.87. The lowest BCUT2D eigenvalue weighted by molar-refractivity contribution is -0.141. The van der Waals surface area contributed by atoms with Crippen molar-refractivity contribution in [2.75, 3.05) is 39.5 Å². The van der Waals surface area contributed by atoms with Crippen LogP contribution in [0, 0.1) is 12.8 Å². The minimum atomic E-state index is -4.11. The zero-order valence-corrected chi connectivity index (χ0v) is 21.7. The molecule has 1 aromatic heterocycles. The minimum Gasteiger partial charge on any atom is -0.475 e. The number of ether oxygens (including phenoxy) is 2. The lowest BCUT2D eigenvalue weighted by atomic mass is 9.88. The smallest absolute Gasteiger partial charge is 0.387 e. The lowest BCUT2D eigenvalue weighted by Gasteiger charge is -2.31. The van der Waals surface area contributed by atoms with E-state index in [1.165, 1.54) is 4.31 Å². The Labute approximate surface area is 217 Å². The summed E-state index contributed by atoms with van der Waals surface area (Å²) in [7, 11) is -4.11. The van der Waals surface area contributed by atoms with Gasteiger partial charge in [0, 0.05) is 37.9 Å². The first kappa shape index (κ1) is 27.5. The second-order valence-electron chi connectivity index (χ2n) is 9.50. The van der Waals surface area contributed by atoms with Crippen molar-refractivity contribution in [3.63, 3.8) is 0 Å². The van der Waals surface area contributed by atoms with Gasteiger partial charge in [0.2, 0.25) is 5.88 Å². The van der Waals surface area contributed by atoms with Crippen molar-refractivity contribution in [3.05, 3.63) is 47.5 Å². The third kappa shape index (κ3) is 7.05. The molecule has 0 radical (unpaired) electrons. The zero-order chi connectivity index (χ0) is 26.4. The van der Waals surface area contributed by atoms with Crippen LogP contribution in [0.3, 0.4) is 0 Å². The number of aliphatic hydroxyl groups is 2. The Balaban J connectivity index is 1.36. The number of rotatable bonds is 9. The van der Waals surface area contributed by atoms with Gasteiger partial charge in [0.1, 0.15) is 12.7 Å². The van der Waals surface area contributed by atoms with Crippen molar-refractivity contribution in [1.82, 2.24) is 9.29 Å². The zero-order valence-electron chi connectivity index (χ0n) is 20.9. The molecule has 2 aliphatic heterocycles. The molecule has 0 spiro atoms. The number of aryl methyl sites for hydroxylation is 1. The largest absolute Gasteiger partial charge is 0.475 e. The van der Waals surface area contributed by atoms with E-state index in [1.54, 1.807) is 6.07 Å². The van der Waals surface area contributed by atoms with Gasteiger partial charge < -0.3 is 23.9 Å². The average Bonchev–Trinajstić information content (AvgIpc) is 2.92. The maximum absolute atomic E-state index is 12.7. The van der Waals surface area contributed by atoms with E-state index in [2.05, 4.69) is 11.1 Å². The van der Waals surface area contributed by atoms with Crippen molar-refractivity contribution in [3.8, 4) is 17.1 Å². The Morgan fingerprint density at radius 2 is 1.89 bits per heavy atom. The van der Waals surface area contributed by atoms with Crippen LogP contribution in [-0.2, 0) is 24.0 Å². The normalized spacial score (nSPS) is 18.9. The van der Waals surface area contributed by atoms with E-state index in [1.807, 2.05) is 31.2 Å². The van der Waals surface area contributed by atoms with E-state index >= 15 is 0 Å². The third-order valence-corrected chi connectivity index (χ3v) is 8.24. The summed E-state index contributed by atoms with van der Waals surface area (Å²) in [4.78, 5) is 16.8. The molecule has 2 aromatic rings. The fraction of sp³-hybridized carbons (Fsp3) is 0.538. The van der Waals surface area contributed by atoms with Crippen LogP contribution in [0.15, 0.2) is 36.4 Å². The van der Waals surface area contributed by atoms with Gasteiger partial charge in [-0.25, -0.2) is 4.98 Å².